The van der Waals surface area contributed by atoms with Crippen molar-refractivity contribution in [3.8, 4) is 0 Å². The molecule has 0 bridgehead atoms. The van der Waals surface area contributed by atoms with E-state index in [4.69, 9.17) is 16.0 Å². The van der Waals surface area contributed by atoms with E-state index >= 15 is 0 Å². The zero-order valence-corrected chi connectivity index (χ0v) is 12.9. The van der Waals surface area contributed by atoms with Crippen LogP contribution in [0.2, 0.25) is 0 Å². The van der Waals surface area contributed by atoms with E-state index in [1.165, 1.54) is 0 Å². The van der Waals surface area contributed by atoms with Crippen molar-refractivity contribution in [2.45, 2.75) is 39.1 Å². The molecule has 20 heavy (non-hydrogen) atoms. The van der Waals surface area contributed by atoms with Crippen molar-refractivity contribution in [2.24, 2.45) is 0 Å². The van der Waals surface area contributed by atoms with Gasteiger partial charge in [0.2, 0.25) is 0 Å². The van der Waals surface area contributed by atoms with E-state index in [9.17, 15) is 0 Å². The monoisotopic (exact) mass is 293 g/mol. The van der Waals surface area contributed by atoms with Crippen LogP contribution < -0.4 is 4.90 Å². The minimum atomic E-state index is 0.297. The number of hydrogen-bond acceptors (Lipinski definition) is 4. The van der Waals surface area contributed by atoms with Crippen molar-refractivity contribution in [1.29, 1.82) is 0 Å². The summed E-state index contributed by atoms with van der Waals surface area (Å²) in [5.41, 5.74) is 1.85. The minimum absolute atomic E-state index is 0.297. The summed E-state index contributed by atoms with van der Waals surface area (Å²) in [5.74, 6) is 2.43. The molecule has 0 aliphatic heterocycles. The number of anilines is 1. The van der Waals surface area contributed by atoms with Gasteiger partial charge in [0.05, 0.1) is 36.3 Å². The fraction of sp³-hybridized carbons (Fsp3) is 0.467. The number of nitrogens with zero attached hydrogens (tertiary/aromatic N) is 3. The van der Waals surface area contributed by atoms with Crippen LogP contribution >= 0.6 is 11.6 Å². The highest BCUT2D eigenvalue weighted by atomic mass is 35.5. The Kier molecular flexibility index (Phi) is 5.01. The van der Waals surface area contributed by atoms with Gasteiger partial charge in [0.25, 0.3) is 0 Å². The van der Waals surface area contributed by atoms with Gasteiger partial charge in [0, 0.05) is 12.5 Å². The topological polar surface area (TPSA) is 42.2 Å². The molecule has 5 heteroatoms. The van der Waals surface area contributed by atoms with Crippen LogP contribution in [0.1, 0.15) is 44.0 Å². The number of alkyl halides is 1. The van der Waals surface area contributed by atoms with Crippen LogP contribution in [-0.2, 0) is 12.4 Å². The number of furan rings is 1. The Balaban J connectivity index is 2.29. The predicted octanol–water partition coefficient (Wildman–Crippen LogP) is 3.96. The lowest BCUT2D eigenvalue weighted by Crippen LogP contribution is -2.24. The van der Waals surface area contributed by atoms with Crippen LogP contribution in [-0.4, -0.2) is 16.5 Å². The summed E-state index contributed by atoms with van der Waals surface area (Å²) in [6.07, 6.45) is 3.55. The Morgan fingerprint density at radius 3 is 2.75 bits per heavy atom. The Morgan fingerprint density at radius 2 is 2.20 bits per heavy atom. The maximum absolute atomic E-state index is 6.05. The number of rotatable bonds is 6. The molecule has 0 saturated carbocycles. The van der Waals surface area contributed by atoms with Gasteiger partial charge in [-0.3, -0.25) is 0 Å². The molecule has 2 aromatic rings. The molecule has 0 spiro atoms. The summed E-state index contributed by atoms with van der Waals surface area (Å²) in [4.78, 5) is 11.2. The Hall–Kier alpha value is -1.55. The lowest BCUT2D eigenvalue weighted by Gasteiger charge is -2.24. The third-order valence-electron chi connectivity index (χ3n) is 3.16. The molecule has 4 nitrogen and oxygen atoms in total. The van der Waals surface area contributed by atoms with Gasteiger partial charge >= 0.3 is 0 Å². The molecular formula is C15H20ClN3O. The van der Waals surface area contributed by atoms with Gasteiger partial charge in [-0.05, 0) is 19.1 Å². The van der Waals surface area contributed by atoms with E-state index in [1.54, 1.807) is 6.26 Å². The molecule has 0 N–H and O–H groups in total. The number of aromatic nitrogens is 2. The van der Waals surface area contributed by atoms with Crippen LogP contribution in [0.5, 0.6) is 0 Å². The molecule has 0 aromatic carbocycles. The highest BCUT2D eigenvalue weighted by Gasteiger charge is 2.15. The quantitative estimate of drug-likeness (QED) is 0.756. The van der Waals surface area contributed by atoms with E-state index in [0.717, 1.165) is 29.5 Å². The molecule has 0 saturated heterocycles. The smallest absolute Gasteiger partial charge is 0.131 e. The van der Waals surface area contributed by atoms with E-state index < -0.39 is 0 Å². The normalized spacial score (nSPS) is 11.1. The summed E-state index contributed by atoms with van der Waals surface area (Å²) < 4.78 is 5.41. The molecule has 2 heterocycles. The van der Waals surface area contributed by atoms with Crippen molar-refractivity contribution in [2.75, 3.05) is 11.4 Å². The average molecular weight is 294 g/mol. The van der Waals surface area contributed by atoms with Gasteiger partial charge < -0.3 is 9.32 Å². The first-order valence-electron chi connectivity index (χ1n) is 6.84. The Labute approximate surface area is 124 Å². The predicted molar refractivity (Wildman–Crippen MR) is 81.1 cm³/mol. The van der Waals surface area contributed by atoms with Crippen LogP contribution in [0.25, 0.3) is 0 Å². The third kappa shape index (κ3) is 3.31. The fourth-order valence-electron chi connectivity index (χ4n) is 2.02. The van der Waals surface area contributed by atoms with Crippen molar-refractivity contribution in [1.82, 2.24) is 9.97 Å². The van der Waals surface area contributed by atoms with Crippen LogP contribution in [0, 0.1) is 0 Å². The van der Waals surface area contributed by atoms with Crippen LogP contribution in [0.4, 0.5) is 5.69 Å². The first kappa shape index (κ1) is 14.9. The summed E-state index contributed by atoms with van der Waals surface area (Å²) >= 11 is 6.05. The molecule has 2 aromatic heterocycles. The van der Waals surface area contributed by atoms with E-state index in [-0.39, 0.29) is 0 Å². The lowest BCUT2D eigenvalue weighted by molar-refractivity contribution is 0.503. The molecule has 2 rings (SSSR count). The summed E-state index contributed by atoms with van der Waals surface area (Å²) in [7, 11) is 0. The minimum Gasteiger partial charge on any atom is -0.467 e. The molecule has 0 atom stereocenters. The molecule has 0 amide bonds. The highest BCUT2D eigenvalue weighted by Crippen LogP contribution is 2.23. The molecular weight excluding hydrogens is 274 g/mol. The zero-order chi connectivity index (χ0) is 14.5. The highest BCUT2D eigenvalue weighted by molar-refractivity contribution is 6.17. The van der Waals surface area contributed by atoms with Gasteiger partial charge in [0.15, 0.2) is 0 Å². The molecule has 108 valence electrons. The maximum Gasteiger partial charge on any atom is 0.131 e. The lowest BCUT2D eigenvalue weighted by atomic mass is 10.2. The van der Waals surface area contributed by atoms with Crippen LogP contribution in [0.3, 0.4) is 0 Å². The molecule has 0 aliphatic rings. The molecule has 0 unspecified atom stereocenters. The van der Waals surface area contributed by atoms with Gasteiger partial charge in [-0.2, -0.15) is 0 Å². The van der Waals surface area contributed by atoms with Gasteiger partial charge in [-0.1, -0.05) is 13.8 Å². The van der Waals surface area contributed by atoms with Crippen LogP contribution in [0.15, 0.2) is 29.0 Å². The summed E-state index contributed by atoms with van der Waals surface area (Å²) in [6.45, 7) is 7.78. The fourth-order valence-corrected chi connectivity index (χ4v) is 2.22. The Bertz CT molecular complexity index is 540. The second kappa shape index (κ2) is 6.75. The maximum atomic E-state index is 6.05. The number of halogens is 1. The molecule has 0 aliphatic carbocycles. The first-order valence-corrected chi connectivity index (χ1v) is 7.38. The standard InChI is InChI=1S/C15H20ClN3O/c1-4-19(10-12-6-5-7-20-12)14-9-17-15(11(2)3)18-13(14)8-16/h5-7,9,11H,4,8,10H2,1-3H3. The SMILES string of the molecule is CCN(Cc1ccco1)c1cnc(C(C)C)nc1CCl. The molecule has 0 fully saturated rings. The number of hydrogen-bond donors (Lipinski definition) is 0. The van der Waals surface area contributed by atoms with E-state index in [1.807, 2.05) is 18.3 Å². The Morgan fingerprint density at radius 1 is 1.40 bits per heavy atom. The van der Waals surface area contributed by atoms with E-state index in [2.05, 4.69) is 35.6 Å². The summed E-state index contributed by atoms with van der Waals surface area (Å²) in [6, 6.07) is 3.86. The van der Waals surface area contributed by atoms with Gasteiger partial charge in [0.1, 0.15) is 11.6 Å². The molecule has 0 radical (unpaired) electrons. The van der Waals surface area contributed by atoms with Crippen molar-refractivity contribution < 1.29 is 4.42 Å². The second-order valence-electron chi connectivity index (χ2n) is 4.94. The second-order valence-corrected chi connectivity index (χ2v) is 5.21. The van der Waals surface area contributed by atoms with E-state index in [0.29, 0.717) is 18.3 Å². The average Bonchev–Trinajstić information content (AvgIpc) is 2.97. The third-order valence-corrected chi connectivity index (χ3v) is 3.41. The largest absolute Gasteiger partial charge is 0.467 e. The first-order chi connectivity index (χ1) is 9.65. The van der Waals surface area contributed by atoms with Gasteiger partial charge in [-0.15, -0.1) is 11.6 Å². The van der Waals surface area contributed by atoms with Gasteiger partial charge in [-0.25, -0.2) is 9.97 Å². The zero-order valence-electron chi connectivity index (χ0n) is 12.1. The van der Waals surface area contributed by atoms with Crippen molar-refractivity contribution in [3.63, 3.8) is 0 Å². The van der Waals surface area contributed by atoms with Crippen molar-refractivity contribution >= 4 is 17.3 Å². The van der Waals surface area contributed by atoms with Crippen molar-refractivity contribution in [3.05, 3.63) is 41.9 Å². The summed E-state index contributed by atoms with van der Waals surface area (Å²) in [5, 5.41) is 0.